The van der Waals surface area contributed by atoms with Gasteiger partial charge >= 0.3 is 0 Å². The van der Waals surface area contributed by atoms with Crippen molar-refractivity contribution in [3.05, 3.63) is 176 Å². The molecule has 3 nitrogen and oxygen atoms in total. The first-order valence-corrected chi connectivity index (χ1v) is 16.5. The minimum absolute atomic E-state index is 1.05. The molecule has 10 aromatic rings. The Hall–Kier alpha value is -6.45. The standard InChI is InChI=1S/C45H29N3/c1-5-15-30(16-6-1)33-25-26-35-37-27-28-38-36-23-13-14-24-40(36)47(34-21-11-4-12-22-34)43(38)44(37)48-42(39(35)29-33)41(31-17-7-2-8-18-31)46-45(48)32-19-9-3-10-20-32/h1-29H/p+1. The zero-order valence-electron chi connectivity index (χ0n) is 26.1. The van der Waals surface area contributed by atoms with Crippen molar-refractivity contribution in [2.75, 3.05) is 0 Å². The summed E-state index contributed by atoms with van der Waals surface area (Å²) in [4.78, 5) is 3.98. The fourth-order valence-electron chi connectivity index (χ4n) is 7.66. The topological polar surface area (TPSA) is 24.8 Å². The second-order valence-corrected chi connectivity index (χ2v) is 12.4. The van der Waals surface area contributed by atoms with E-state index in [9.17, 15) is 0 Å². The predicted molar refractivity (Wildman–Crippen MR) is 200 cm³/mol. The maximum atomic E-state index is 3.98. The molecule has 0 radical (unpaired) electrons. The van der Waals surface area contributed by atoms with E-state index >= 15 is 0 Å². The zero-order chi connectivity index (χ0) is 31.6. The van der Waals surface area contributed by atoms with Crippen LogP contribution < -0.4 is 4.40 Å². The van der Waals surface area contributed by atoms with Gasteiger partial charge in [-0.25, -0.2) is 4.98 Å². The summed E-state index contributed by atoms with van der Waals surface area (Å²) in [5.74, 6) is 1.05. The highest BCUT2D eigenvalue weighted by Crippen LogP contribution is 2.41. The molecule has 10 rings (SSSR count). The third-order valence-corrected chi connectivity index (χ3v) is 9.76. The molecule has 0 unspecified atom stereocenters. The normalized spacial score (nSPS) is 11.8. The fourth-order valence-corrected chi connectivity index (χ4v) is 7.66. The Kier molecular flexibility index (Phi) is 5.87. The van der Waals surface area contributed by atoms with Crippen LogP contribution >= 0.6 is 0 Å². The molecule has 7 aromatic carbocycles. The van der Waals surface area contributed by atoms with Gasteiger partial charge in [0.2, 0.25) is 0 Å². The summed E-state index contributed by atoms with van der Waals surface area (Å²) in [7, 11) is 0. The molecule has 3 heteroatoms. The molecule has 0 atom stereocenters. The molecule has 3 heterocycles. The average molecular weight is 613 g/mol. The van der Waals surface area contributed by atoms with Crippen LogP contribution in [0.5, 0.6) is 0 Å². The number of H-pyrrole nitrogens is 1. The van der Waals surface area contributed by atoms with E-state index in [0.29, 0.717) is 0 Å². The predicted octanol–water partition coefficient (Wildman–Crippen LogP) is 11.2. The number of pyridine rings is 1. The highest BCUT2D eigenvalue weighted by Gasteiger charge is 2.30. The number of nitrogens with zero attached hydrogens (tertiary/aromatic N) is 2. The molecule has 0 bridgehead atoms. The third kappa shape index (κ3) is 3.91. The average Bonchev–Trinajstić information content (AvgIpc) is 3.73. The van der Waals surface area contributed by atoms with E-state index in [1.807, 2.05) is 0 Å². The van der Waals surface area contributed by atoms with Crippen molar-refractivity contribution in [1.29, 1.82) is 0 Å². The van der Waals surface area contributed by atoms with Crippen LogP contribution in [0, 0.1) is 0 Å². The quantitative estimate of drug-likeness (QED) is 0.151. The molecule has 48 heavy (non-hydrogen) atoms. The summed E-state index contributed by atoms with van der Waals surface area (Å²) in [5, 5.41) is 6.13. The molecule has 0 saturated carbocycles. The van der Waals surface area contributed by atoms with Crippen LogP contribution in [-0.4, -0.2) is 9.55 Å². The number of benzene rings is 7. The lowest BCUT2D eigenvalue weighted by Gasteiger charge is -2.12. The fraction of sp³-hybridized carbons (Fsp3) is 0. The largest absolute Gasteiger partial charge is 0.305 e. The van der Waals surface area contributed by atoms with Gasteiger partial charge in [-0.15, -0.1) is 0 Å². The first-order valence-electron chi connectivity index (χ1n) is 16.5. The Morgan fingerprint density at radius 1 is 0.396 bits per heavy atom. The number of hydrogen-bond acceptors (Lipinski definition) is 0. The van der Waals surface area contributed by atoms with Crippen molar-refractivity contribution in [2.45, 2.75) is 0 Å². The van der Waals surface area contributed by atoms with Gasteiger partial charge in [0.15, 0.2) is 16.7 Å². The van der Waals surface area contributed by atoms with Crippen LogP contribution in [0.4, 0.5) is 0 Å². The van der Waals surface area contributed by atoms with Crippen molar-refractivity contribution in [3.63, 3.8) is 0 Å². The van der Waals surface area contributed by atoms with Gasteiger partial charge in [-0.1, -0.05) is 133 Å². The number of para-hydroxylation sites is 2. The summed E-state index contributed by atoms with van der Waals surface area (Å²) >= 11 is 0. The molecule has 0 aliphatic carbocycles. The lowest BCUT2D eigenvalue weighted by molar-refractivity contribution is -0.465. The van der Waals surface area contributed by atoms with E-state index in [0.717, 1.165) is 33.8 Å². The van der Waals surface area contributed by atoms with Gasteiger partial charge in [0.25, 0.3) is 5.82 Å². The van der Waals surface area contributed by atoms with Crippen LogP contribution in [0.25, 0.3) is 88.5 Å². The minimum atomic E-state index is 1.05. The van der Waals surface area contributed by atoms with Gasteiger partial charge in [0.1, 0.15) is 5.52 Å². The monoisotopic (exact) mass is 612 g/mol. The van der Waals surface area contributed by atoms with E-state index in [2.05, 4.69) is 190 Å². The molecule has 1 N–H and O–H groups in total. The van der Waals surface area contributed by atoms with Gasteiger partial charge in [-0.05, 0) is 59.0 Å². The molecular formula is C45H30N3+. The summed E-state index contributed by atoms with van der Waals surface area (Å²) in [6, 6.07) is 63.4. The first-order chi connectivity index (χ1) is 23.8. The summed E-state index contributed by atoms with van der Waals surface area (Å²) in [6.07, 6.45) is 0. The van der Waals surface area contributed by atoms with Crippen LogP contribution in [0.15, 0.2) is 176 Å². The second kappa shape index (κ2) is 10.5. The minimum Gasteiger partial charge on any atom is -0.305 e. The molecule has 0 saturated heterocycles. The van der Waals surface area contributed by atoms with Crippen molar-refractivity contribution >= 4 is 49.0 Å². The van der Waals surface area contributed by atoms with Gasteiger partial charge < -0.3 is 4.57 Å². The maximum Gasteiger partial charge on any atom is 0.292 e. The third-order valence-electron chi connectivity index (χ3n) is 9.76. The van der Waals surface area contributed by atoms with Crippen LogP contribution in [-0.2, 0) is 0 Å². The number of hydrogen-bond donors (Lipinski definition) is 1. The number of aromatic nitrogens is 3. The van der Waals surface area contributed by atoms with Crippen molar-refractivity contribution < 1.29 is 4.40 Å². The Bertz CT molecular complexity index is 2800. The highest BCUT2D eigenvalue weighted by atomic mass is 15.1. The Morgan fingerprint density at radius 2 is 0.979 bits per heavy atom. The van der Waals surface area contributed by atoms with Crippen molar-refractivity contribution in [2.24, 2.45) is 0 Å². The molecule has 0 aliphatic rings. The SMILES string of the molecule is c1ccc(-c2ccc3c(c2)c2c(-c4ccccc4)[nH]c(-c4ccccc4)[n+]2c2c3ccc3c4ccccc4n(-c4ccccc4)c32)cc1. The number of aromatic amines is 1. The molecular weight excluding hydrogens is 583 g/mol. The Morgan fingerprint density at radius 3 is 1.71 bits per heavy atom. The van der Waals surface area contributed by atoms with Gasteiger partial charge in [0.05, 0.1) is 11.1 Å². The van der Waals surface area contributed by atoms with Crippen molar-refractivity contribution in [1.82, 2.24) is 9.55 Å². The smallest absolute Gasteiger partial charge is 0.292 e. The van der Waals surface area contributed by atoms with E-state index in [1.54, 1.807) is 0 Å². The molecule has 0 spiro atoms. The molecule has 3 aromatic heterocycles. The van der Waals surface area contributed by atoms with E-state index in [1.165, 1.54) is 54.6 Å². The number of rotatable bonds is 4. The van der Waals surface area contributed by atoms with Crippen molar-refractivity contribution in [3.8, 4) is 39.5 Å². The lowest BCUT2D eigenvalue weighted by Crippen LogP contribution is -2.25. The van der Waals surface area contributed by atoms with E-state index < -0.39 is 0 Å². The summed E-state index contributed by atoms with van der Waals surface area (Å²) in [5.41, 5.74) is 11.7. The Labute approximate surface area is 277 Å². The highest BCUT2D eigenvalue weighted by molar-refractivity contribution is 6.23. The number of nitrogens with one attached hydrogen (secondary N) is 1. The van der Waals surface area contributed by atoms with Crippen LogP contribution in [0.2, 0.25) is 0 Å². The zero-order valence-corrected chi connectivity index (χ0v) is 26.1. The van der Waals surface area contributed by atoms with E-state index in [-0.39, 0.29) is 0 Å². The van der Waals surface area contributed by atoms with Gasteiger partial charge in [-0.3, -0.25) is 0 Å². The van der Waals surface area contributed by atoms with E-state index in [4.69, 9.17) is 0 Å². The number of fused-ring (bicyclic) bond motifs is 10. The molecule has 0 aliphatic heterocycles. The first kappa shape index (κ1) is 26.7. The second-order valence-electron chi connectivity index (χ2n) is 12.4. The lowest BCUT2D eigenvalue weighted by atomic mass is 9.96. The summed E-state index contributed by atoms with van der Waals surface area (Å²) in [6.45, 7) is 0. The van der Waals surface area contributed by atoms with Gasteiger partial charge in [-0.2, -0.15) is 4.40 Å². The van der Waals surface area contributed by atoms with Crippen LogP contribution in [0.3, 0.4) is 0 Å². The summed E-state index contributed by atoms with van der Waals surface area (Å²) < 4.78 is 4.96. The maximum absolute atomic E-state index is 3.98. The molecule has 0 fully saturated rings. The van der Waals surface area contributed by atoms with Crippen LogP contribution in [0.1, 0.15) is 0 Å². The van der Waals surface area contributed by atoms with Gasteiger partial charge in [0, 0.05) is 32.8 Å². The molecule has 0 amide bonds. The molecule has 224 valence electrons. The number of imidazole rings is 1. The Balaban J connectivity index is 1.50.